The van der Waals surface area contributed by atoms with Gasteiger partial charge in [0.1, 0.15) is 6.61 Å². The van der Waals surface area contributed by atoms with Crippen LogP contribution in [0.4, 0.5) is 0 Å². The quantitative estimate of drug-likeness (QED) is 0.0290. The van der Waals surface area contributed by atoms with Gasteiger partial charge in [-0.1, -0.05) is 141 Å². The Morgan fingerprint density at radius 3 is 1.32 bits per heavy atom. The number of ether oxygens (including phenoxy) is 2. The van der Waals surface area contributed by atoms with E-state index in [2.05, 4.69) is 38.2 Å². The normalized spacial score (nSPS) is 13.6. The number of rotatable bonds is 38. The van der Waals surface area contributed by atoms with Gasteiger partial charge in [-0.05, 0) is 71.1 Å². The lowest BCUT2D eigenvalue weighted by Crippen LogP contribution is -2.29. The molecule has 0 heterocycles. The Balaban J connectivity index is 4.13. The van der Waals surface area contributed by atoms with Crippen molar-refractivity contribution in [3.05, 3.63) is 24.3 Å². The van der Waals surface area contributed by atoms with E-state index in [4.69, 9.17) is 18.5 Å². The maximum Gasteiger partial charge on any atom is 0.472 e. The standard InChI is InChI=1S/C41H77O8P/c1-4-7-9-11-13-15-17-19-21-23-25-27-29-31-33-35-40(42)46-37-39(38-48-50(44,45)47-6-3)49-41(43)36-34-32-30-28-26-24-22-20-18-16-14-12-10-8-5-2/h19-22,39H,4-18,23-38H2,1-3H3,(H,44,45)/b21-19-,22-20-/t39-/m1/s1. The van der Waals surface area contributed by atoms with Crippen LogP contribution in [0.25, 0.3) is 0 Å². The third kappa shape index (κ3) is 36.3. The van der Waals surface area contributed by atoms with Crippen molar-refractivity contribution in [2.45, 2.75) is 207 Å². The highest BCUT2D eigenvalue weighted by Crippen LogP contribution is 2.43. The maximum absolute atomic E-state index is 12.5. The number of esters is 2. The predicted octanol–water partition coefficient (Wildman–Crippen LogP) is 12.7. The smallest absolute Gasteiger partial charge is 0.462 e. The molecule has 0 aliphatic rings. The highest BCUT2D eigenvalue weighted by atomic mass is 31.2. The summed E-state index contributed by atoms with van der Waals surface area (Å²) in [5.41, 5.74) is 0. The van der Waals surface area contributed by atoms with E-state index in [1.165, 1.54) is 89.9 Å². The molecule has 1 unspecified atom stereocenters. The van der Waals surface area contributed by atoms with Gasteiger partial charge in [0.25, 0.3) is 0 Å². The molecule has 9 heteroatoms. The van der Waals surface area contributed by atoms with E-state index in [1.807, 2.05) is 0 Å². The van der Waals surface area contributed by atoms with Gasteiger partial charge in [-0.15, -0.1) is 0 Å². The third-order valence-corrected chi connectivity index (χ3v) is 9.79. The average Bonchev–Trinajstić information content (AvgIpc) is 3.09. The molecule has 0 spiro atoms. The van der Waals surface area contributed by atoms with Crippen molar-refractivity contribution in [3.63, 3.8) is 0 Å². The zero-order valence-corrected chi connectivity index (χ0v) is 33.5. The number of carbonyl (C=O) groups is 2. The van der Waals surface area contributed by atoms with Gasteiger partial charge in [-0.25, -0.2) is 4.57 Å². The van der Waals surface area contributed by atoms with E-state index < -0.39 is 26.5 Å². The molecule has 0 amide bonds. The lowest BCUT2D eigenvalue weighted by atomic mass is 10.1. The van der Waals surface area contributed by atoms with Crippen LogP contribution in [-0.2, 0) is 32.7 Å². The van der Waals surface area contributed by atoms with Crippen LogP contribution in [0.15, 0.2) is 24.3 Å². The Bertz CT molecular complexity index is 875. The van der Waals surface area contributed by atoms with Crippen LogP contribution in [0.3, 0.4) is 0 Å². The monoisotopic (exact) mass is 729 g/mol. The summed E-state index contributed by atoms with van der Waals surface area (Å²) >= 11 is 0. The minimum absolute atomic E-state index is 0.00134. The highest BCUT2D eigenvalue weighted by Gasteiger charge is 2.25. The Hall–Kier alpha value is -1.47. The van der Waals surface area contributed by atoms with Crippen molar-refractivity contribution in [2.75, 3.05) is 19.8 Å². The van der Waals surface area contributed by atoms with Crippen molar-refractivity contribution < 1.29 is 37.6 Å². The molecule has 1 N–H and O–H groups in total. The fraction of sp³-hybridized carbons (Fsp3) is 0.854. The Morgan fingerprint density at radius 1 is 0.520 bits per heavy atom. The zero-order chi connectivity index (χ0) is 36.8. The van der Waals surface area contributed by atoms with Crippen LogP contribution in [0.5, 0.6) is 0 Å². The minimum atomic E-state index is -4.28. The van der Waals surface area contributed by atoms with Gasteiger partial charge >= 0.3 is 19.8 Å². The molecule has 0 bridgehead atoms. The number of allylic oxidation sites excluding steroid dienone is 4. The van der Waals surface area contributed by atoms with Crippen LogP contribution in [-0.4, -0.2) is 42.8 Å². The van der Waals surface area contributed by atoms with Crippen LogP contribution in [0.1, 0.15) is 201 Å². The molecular weight excluding hydrogens is 651 g/mol. The van der Waals surface area contributed by atoms with Gasteiger partial charge in [-0.2, -0.15) is 0 Å². The molecule has 0 saturated heterocycles. The minimum Gasteiger partial charge on any atom is -0.462 e. The molecule has 0 aliphatic carbocycles. The lowest BCUT2D eigenvalue weighted by Gasteiger charge is -2.19. The molecule has 0 aromatic heterocycles. The fourth-order valence-electron chi connectivity index (χ4n) is 5.68. The molecule has 2 atom stereocenters. The highest BCUT2D eigenvalue weighted by molar-refractivity contribution is 7.47. The Kier molecular flexibility index (Phi) is 36.2. The molecule has 0 radical (unpaired) electrons. The third-order valence-electron chi connectivity index (χ3n) is 8.73. The number of phosphoric acid groups is 1. The van der Waals surface area contributed by atoms with Crippen LogP contribution < -0.4 is 0 Å². The van der Waals surface area contributed by atoms with Gasteiger partial charge < -0.3 is 14.4 Å². The van der Waals surface area contributed by atoms with Gasteiger partial charge in [-0.3, -0.25) is 18.6 Å². The molecule has 0 saturated carbocycles. The number of phosphoric ester groups is 1. The number of unbranched alkanes of at least 4 members (excludes halogenated alkanes) is 22. The van der Waals surface area contributed by atoms with Crippen LogP contribution >= 0.6 is 7.82 Å². The predicted molar refractivity (Wildman–Crippen MR) is 207 cm³/mol. The van der Waals surface area contributed by atoms with Crippen molar-refractivity contribution >= 4 is 19.8 Å². The van der Waals surface area contributed by atoms with Crippen LogP contribution in [0.2, 0.25) is 0 Å². The van der Waals surface area contributed by atoms with Crippen molar-refractivity contribution in [1.82, 2.24) is 0 Å². The van der Waals surface area contributed by atoms with Gasteiger partial charge in [0.15, 0.2) is 6.10 Å². The first kappa shape index (κ1) is 48.5. The van der Waals surface area contributed by atoms with E-state index in [1.54, 1.807) is 6.92 Å². The second-order valence-corrected chi connectivity index (χ2v) is 15.1. The van der Waals surface area contributed by atoms with Crippen molar-refractivity contribution in [3.8, 4) is 0 Å². The van der Waals surface area contributed by atoms with Gasteiger partial charge in [0, 0.05) is 12.8 Å². The van der Waals surface area contributed by atoms with E-state index >= 15 is 0 Å². The average molecular weight is 729 g/mol. The number of hydrogen-bond donors (Lipinski definition) is 1. The summed E-state index contributed by atoms with van der Waals surface area (Å²) in [5, 5.41) is 0. The Morgan fingerprint density at radius 2 is 0.900 bits per heavy atom. The first-order chi connectivity index (χ1) is 24.3. The molecule has 0 aromatic rings. The molecular formula is C41H77O8P. The van der Waals surface area contributed by atoms with Crippen LogP contribution in [0, 0.1) is 0 Å². The molecule has 8 nitrogen and oxygen atoms in total. The first-order valence-corrected chi connectivity index (χ1v) is 22.1. The van der Waals surface area contributed by atoms with Gasteiger partial charge in [0.05, 0.1) is 13.2 Å². The van der Waals surface area contributed by atoms with Crippen molar-refractivity contribution in [2.24, 2.45) is 0 Å². The molecule has 50 heavy (non-hydrogen) atoms. The summed E-state index contributed by atoms with van der Waals surface area (Å²) in [6.07, 6.45) is 39.4. The maximum atomic E-state index is 12.5. The van der Waals surface area contributed by atoms with Gasteiger partial charge in [0.2, 0.25) is 0 Å². The second kappa shape index (κ2) is 37.3. The summed E-state index contributed by atoms with van der Waals surface area (Å²) in [6.45, 7) is 5.45. The molecule has 294 valence electrons. The van der Waals surface area contributed by atoms with E-state index in [0.717, 1.165) is 70.6 Å². The molecule has 0 aliphatic heterocycles. The summed E-state index contributed by atoms with van der Waals surface area (Å²) in [7, 11) is -4.28. The SMILES string of the molecule is CCCCCCCC/C=C\CCCCCCCC(=O)OC[C@H](COP(=O)(O)OCC)OC(=O)CCCCCCC/C=C\CCCCCCCC. The second-order valence-electron chi connectivity index (χ2n) is 13.6. The lowest BCUT2D eigenvalue weighted by molar-refractivity contribution is -0.161. The summed E-state index contributed by atoms with van der Waals surface area (Å²) in [5.74, 6) is -0.813. The summed E-state index contributed by atoms with van der Waals surface area (Å²) < 4.78 is 32.6. The largest absolute Gasteiger partial charge is 0.472 e. The summed E-state index contributed by atoms with van der Waals surface area (Å²) in [4.78, 5) is 34.7. The van der Waals surface area contributed by atoms with Crippen molar-refractivity contribution in [1.29, 1.82) is 0 Å². The molecule has 0 fully saturated rings. The van der Waals surface area contributed by atoms with E-state index in [9.17, 15) is 19.0 Å². The van der Waals surface area contributed by atoms with E-state index in [-0.39, 0.29) is 32.0 Å². The Labute approximate surface area is 307 Å². The number of carbonyl (C=O) groups excluding carboxylic acids is 2. The van der Waals surface area contributed by atoms with E-state index in [0.29, 0.717) is 6.42 Å². The zero-order valence-electron chi connectivity index (χ0n) is 32.6. The molecule has 0 aromatic carbocycles. The molecule has 0 rings (SSSR count). The topological polar surface area (TPSA) is 108 Å². The first-order valence-electron chi connectivity index (χ1n) is 20.6. The number of hydrogen-bond acceptors (Lipinski definition) is 7. The summed E-state index contributed by atoms with van der Waals surface area (Å²) in [6, 6.07) is 0. The fourth-order valence-corrected chi connectivity index (χ4v) is 6.43.